The Morgan fingerprint density at radius 2 is 1.95 bits per heavy atom. The van der Waals surface area contributed by atoms with Crippen LogP contribution in [0.1, 0.15) is 48.8 Å². The van der Waals surface area contributed by atoms with E-state index in [9.17, 15) is 0 Å². The number of rotatable bonds is 2. The fourth-order valence-electron chi connectivity index (χ4n) is 3.95. The highest BCUT2D eigenvalue weighted by atomic mass is 15.2. The molecule has 20 heavy (non-hydrogen) atoms. The molecule has 1 aromatic rings. The van der Waals surface area contributed by atoms with Crippen molar-refractivity contribution in [2.75, 3.05) is 19.6 Å². The quantitative estimate of drug-likeness (QED) is 0.887. The van der Waals surface area contributed by atoms with E-state index in [0.717, 1.165) is 6.54 Å². The molecule has 2 heteroatoms. The van der Waals surface area contributed by atoms with Gasteiger partial charge in [-0.15, -0.1) is 0 Å². The van der Waals surface area contributed by atoms with Crippen LogP contribution in [-0.2, 0) is 6.54 Å². The molecule has 1 saturated heterocycles. The normalized spacial score (nSPS) is 23.1. The van der Waals surface area contributed by atoms with Gasteiger partial charge in [0.25, 0.3) is 0 Å². The van der Waals surface area contributed by atoms with E-state index < -0.39 is 0 Å². The minimum atomic E-state index is 0.425. The van der Waals surface area contributed by atoms with Crippen LogP contribution in [0.5, 0.6) is 0 Å². The van der Waals surface area contributed by atoms with Gasteiger partial charge in [-0.25, -0.2) is 0 Å². The van der Waals surface area contributed by atoms with E-state index in [1.165, 1.54) is 68.4 Å². The first-order valence-corrected chi connectivity index (χ1v) is 8.20. The van der Waals surface area contributed by atoms with Crippen molar-refractivity contribution >= 4 is 0 Å². The molecule has 1 aromatic carbocycles. The third-order valence-corrected chi connectivity index (χ3v) is 5.14. The van der Waals surface area contributed by atoms with Crippen molar-refractivity contribution in [2.24, 2.45) is 0 Å². The number of hydrogen-bond acceptors (Lipinski definition) is 2. The highest BCUT2D eigenvalue weighted by molar-refractivity contribution is 5.30. The number of hydrogen-bond donors (Lipinski definition) is 1. The molecular formula is C18H28N2. The van der Waals surface area contributed by atoms with Gasteiger partial charge in [0, 0.05) is 18.6 Å². The summed E-state index contributed by atoms with van der Waals surface area (Å²) < 4.78 is 0. The van der Waals surface area contributed by atoms with E-state index in [-0.39, 0.29) is 0 Å². The molecule has 1 saturated carbocycles. The zero-order valence-corrected chi connectivity index (χ0v) is 13.0. The lowest BCUT2D eigenvalue weighted by Crippen LogP contribution is -2.49. The Morgan fingerprint density at radius 1 is 1.15 bits per heavy atom. The van der Waals surface area contributed by atoms with Crippen LogP contribution < -0.4 is 5.32 Å². The Balaban J connectivity index is 1.73. The molecule has 0 bridgehead atoms. The summed E-state index contributed by atoms with van der Waals surface area (Å²) in [4.78, 5) is 2.69. The molecule has 0 radical (unpaired) electrons. The van der Waals surface area contributed by atoms with Crippen LogP contribution in [-0.4, -0.2) is 30.1 Å². The van der Waals surface area contributed by atoms with E-state index >= 15 is 0 Å². The molecule has 110 valence electrons. The van der Waals surface area contributed by atoms with E-state index in [4.69, 9.17) is 0 Å². The maximum atomic E-state index is 3.86. The average Bonchev–Trinajstić information content (AvgIpc) is 2.77. The highest BCUT2D eigenvalue weighted by Crippen LogP contribution is 2.32. The zero-order valence-electron chi connectivity index (χ0n) is 13.0. The molecule has 0 amide bonds. The standard InChI is InChI=1S/C18H28N2/c1-15-6-7-16(2)17(12-15)13-20-11-5-10-19-18(14-20)8-3-4-9-18/h6-7,12,19H,3-5,8-11,13-14H2,1-2H3. The molecule has 3 rings (SSSR count). The van der Waals surface area contributed by atoms with Crippen molar-refractivity contribution in [2.45, 2.75) is 58.0 Å². The topological polar surface area (TPSA) is 15.3 Å². The second-order valence-electron chi connectivity index (χ2n) is 6.91. The van der Waals surface area contributed by atoms with Gasteiger partial charge in [0.15, 0.2) is 0 Å². The van der Waals surface area contributed by atoms with Crippen molar-refractivity contribution in [3.63, 3.8) is 0 Å². The van der Waals surface area contributed by atoms with Gasteiger partial charge < -0.3 is 5.32 Å². The van der Waals surface area contributed by atoms with E-state index in [1.54, 1.807) is 0 Å². The highest BCUT2D eigenvalue weighted by Gasteiger charge is 2.36. The molecule has 1 aliphatic heterocycles. The third kappa shape index (κ3) is 3.07. The first-order valence-electron chi connectivity index (χ1n) is 8.20. The predicted molar refractivity (Wildman–Crippen MR) is 85.0 cm³/mol. The van der Waals surface area contributed by atoms with Crippen molar-refractivity contribution in [3.8, 4) is 0 Å². The Hall–Kier alpha value is -0.860. The average molecular weight is 272 g/mol. The molecule has 1 aliphatic carbocycles. The fraction of sp³-hybridized carbons (Fsp3) is 0.667. The summed E-state index contributed by atoms with van der Waals surface area (Å²) in [5.41, 5.74) is 4.76. The van der Waals surface area contributed by atoms with Crippen LogP contribution in [0.3, 0.4) is 0 Å². The first kappa shape index (κ1) is 14.1. The summed E-state index contributed by atoms with van der Waals surface area (Å²) in [5.74, 6) is 0. The Labute approximate surface area is 123 Å². The second kappa shape index (κ2) is 5.87. The minimum Gasteiger partial charge on any atom is -0.310 e. The SMILES string of the molecule is Cc1ccc(C)c(CN2CCCNC3(CCCC3)C2)c1. The summed E-state index contributed by atoms with van der Waals surface area (Å²) in [7, 11) is 0. The van der Waals surface area contributed by atoms with Crippen molar-refractivity contribution < 1.29 is 0 Å². The van der Waals surface area contributed by atoms with Crippen LogP contribution in [0.2, 0.25) is 0 Å². The maximum absolute atomic E-state index is 3.86. The molecule has 0 aromatic heterocycles. The molecule has 2 aliphatic rings. The molecule has 0 unspecified atom stereocenters. The number of nitrogens with one attached hydrogen (secondary N) is 1. The zero-order chi connectivity index (χ0) is 14.0. The Bertz CT molecular complexity index is 460. The summed E-state index contributed by atoms with van der Waals surface area (Å²) in [6, 6.07) is 6.86. The number of aryl methyl sites for hydroxylation is 2. The molecule has 1 spiro atoms. The van der Waals surface area contributed by atoms with Gasteiger partial charge in [-0.2, -0.15) is 0 Å². The maximum Gasteiger partial charge on any atom is 0.0308 e. The van der Waals surface area contributed by atoms with Gasteiger partial charge in [0.1, 0.15) is 0 Å². The minimum absolute atomic E-state index is 0.425. The van der Waals surface area contributed by atoms with Crippen LogP contribution in [0.25, 0.3) is 0 Å². The van der Waals surface area contributed by atoms with Crippen LogP contribution in [0.15, 0.2) is 18.2 Å². The molecular weight excluding hydrogens is 244 g/mol. The van der Waals surface area contributed by atoms with Gasteiger partial charge in [-0.1, -0.05) is 36.6 Å². The van der Waals surface area contributed by atoms with Crippen molar-refractivity contribution in [1.82, 2.24) is 10.2 Å². The van der Waals surface area contributed by atoms with Crippen LogP contribution in [0.4, 0.5) is 0 Å². The van der Waals surface area contributed by atoms with Gasteiger partial charge in [-0.05, 0) is 57.3 Å². The lowest BCUT2D eigenvalue weighted by Gasteiger charge is -2.33. The number of nitrogens with zero attached hydrogens (tertiary/aromatic N) is 1. The largest absolute Gasteiger partial charge is 0.310 e. The van der Waals surface area contributed by atoms with Gasteiger partial charge in [0.2, 0.25) is 0 Å². The van der Waals surface area contributed by atoms with Gasteiger partial charge in [0.05, 0.1) is 0 Å². The third-order valence-electron chi connectivity index (χ3n) is 5.14. The molecule has 0 atom stereocenters. The van der Waals surface area contributed by atoms with E-state index in [1.807, 2.05) is 0 Å². The molecule has 1 heterocycles. The molecule has 1 N–H and O–H groups in total. The van der Waals surface area contributed by atoms with Gasteiger partial charge in [-0.3, -0.25) is 4.90 Å². The molecule has 2 fully saturated rings. The summed E-state index contributed by atoms with van der Waals surface area (Å²) in [6.07, 6.45) is 6.84. The van der Waals surface area contributed by atoms with Gasteiger partial charge >= 0.3 is 0 Å². The van der Waals surface area contributed by atoms with Crippen molar-refractivity contribution in [1.29, 1.82) is 0 Å². The Morgan fingerprint density at radius 3 is 2.75 bits per heavy atom. The fourth-order valence-corrected chi connectivity index (χ4v) is 3.95. The van der Waals surface area contributed by atoms with E-state index in [0.29, 0.717) is 5.54 Å². The molecule has 2 nitrogen and oxygen atoms in total. The second-order valence-corrected chi connectivity index (χ2v) is 6.91. The van der Waals surface area contributed by atoms with Crippen LogP contribution in [0, 0.1) is 13.8 Å². The Kier molecular flexibility index (Phi) is 4.13. The summed E-state index contributed by atoms with van der Waals surface area (Å²) in [6.45, 7) is 9.24. The predicted octanol–water partition coefficient (Wildman–Crippen LogP) is 3.41. The summed E-state index contributed by atoms with van der Waals surface area (Å²) in [5, 5.41) is 3.86. The monoisotopic (exact) mass is 272 g/mol. The van der Waals surface area contributed by atoms with E-state index in [2.05, 4.69) is 42.3 Å². The van der Waals surface area contributed by atoms with Crippen LogP contribution >= 0.6 is 0 Å². The lowest BCUT2D eigenvalue weighted by atomic mass is 9.96. The smallest absolute Gasteiger partial charge is 0.0308 e. The lowest BCUT2D eigenvalue weighted by molar-refractivity contribution is 0.203. The number of benzene rings is 1. The first-order chi connectivity index (χ1) is 9.67. The van der Waals surface area contributed by atoms with Crippen molar-refractivity contribution in [3.05, 3.63) is 34.9 Å². The summed E-state index contributed by atoms with van der Waals surface area (Å²) >= 11 is 0.